The van der Waals surface area contributed by atoms with Gasteiger partial charge in [-0.3, -0.25) is 9.78 Å². The fourth-order valence-electron chi connectivity index (χ4n) is 2.27. The van der Waals surface area contributed by atoms with E-state index in [1.54, 1.807) is 19.4 Å². The second-order valence-electron chi connectivity index (χ2n) is 5.25. The van der Waals surface area contributed by atoms with E-state index in [0.717, 1.165) is 15.8 Å². The Kier molecular flexibility index (Phi) is 5.30. The maximum absolute atomic E-state index is 12.4. The van der Waals surface area contributed by atoms with Gasteiger partial charge in [0.15, 0.2) is 0 Å². The van der Waals surface area contributed by atoms with E-state index in [4.69, 9.17) is 4.74 Å². The van der Waals surface area contributed by atoms with E-state index in [0.29, 0.717) is 17.0 Å². The lowest BCUT2D eigenvalue weighted by molar-refractivity contribution is 0.102. The lowest BCUT2D eigenvalue weighted by Crippen LogP contribution is -2.12. The number of halogens is 1. The molecule has 126 valence electrons. The van der Waals surface area contributed by atoms with Gasteiger partial charge in [0, 0.05) is 16.4 Å². The maximum Gasteiger partial charge on any atom is 0.257 e. The summed E-state index contributed by atoms with van der Waals surface area (Å²) in [6, 6.07) is 16.7. The Labute approximate surface area is 154 Å². The molecular formula is C19H16BrN3O2. The average molecular weight is 398 g/mol. The van der Waals surface area contributed by atoms with Gasteiger partial charge >= 0.3 is 0 Å². The molecule has 0 aliphatic carbocycles. The summed E-state index contributed by atoms with van der Waals surface area (Å²) >= 11 is 3.37. The van der Waals surface area contributed by atoms with Gasteiger partial charge in [0.25, 0.3) is 5.91 Å². The van der Waals surface area contributed by atoms with E-state index >= 15 is 0 Å². The van der Waals surface area contributed by atoms with E-state index in [1.165, 1.54) is 6.20 Å². The van der Waals surface area contributed by atoms with Gasteiger partial charge in [-0.25, -0.2) is 0 Å². The highest BCUT2D eigenvalue weighted by Crippen LogP contribution is 2.27. The molecule has 6 heteroatoms. The van der Waals surface area contributed by atoms with E-state index in [9.17, 15) is 4.79 Å². The number of methoxy groups -OCH3 is 1. The highest BCUT2D eigenvalue weighted by Gasteiger charge is 2.09. The highest BCUT2D eigenvalue weighted by molar-refractivity contribution is 9.10. The Hall–Kier alpha value is -2.86. The predicted molar refractivity (Wildman–Crippen MR) is 103 cm³/mol. The Balaban J connectivity index is 1.76. The van der Waals surface area contributed by atoms with Gasteiger partial charge in [-0.05, 0) is 42.5 Å². The van der Waals surface area contributed by atoms with Gasteiger partial charge in [0.2, 0.25) is 0 Å². The molecule has 0 unspecified atom stereocenters. The molecule has 1 heterocycles. The first kappa shape index (κ1) is 17.0. The van der Waals surface area contributed by atoms with Gasteiger partial charge in [-0.15, -0.1) is 0 Å². The summed E-state index contributed by atoms with van der Waals surface area (Å²) in [7, 11) is 1.61. The second-order valence-corrected chi connectivity index (χ2v) is 6.16. The van der Waals surface area contributed by atoms with E-state index in [-0.39, 0.29) is 5.91 Å². The van der Waals surface area contributed by atoms with Crippen LogP contribution in [0, 0.1) is 0 Å². The number of ether oxygens (including phenoxy) is 1. The van der Waals surface area contributed by atoms with Crippen molar-refractivity contribution in [2.75, 3.05) is 17.7 Å². The van der Waals surface area contributed by atoms with Crippen molar-refractivity contribution in [3.05, 3.63) is 77.0 Å². The van der Waals surface area contributed by atoms with Crippen LogP contribution in [0.2, 0.25) is 0 Å². The van der Waals surface area contributed by atoms with Crippen LogP contribution in [0.5, 0.6) is 5.75 Å². The Bertz CT molecular complexity index is 882. The molecular weight excluding hydrogens is 382 g/mol. The van der Waals surface area contributed by atoms with Crippen LogP contribution in [0.15, 0.2) is 71.5 Å². The molecule has 0 saturated carbocycles. The molecule has 0 spiro atoms. The van der Waals surface area contributed by atoms with Gasteiger partial charge in [-0.2, -0.15) is 0 Å². The number of hydrogen-bond acceptors (Lipinski definition) is 4. The molecule has 0 bridgehead atoms. The van der Waals surface area contributed by atoms with Crippen molar-refractivity contribution >= 4 is 38.9 Å². The molecule has 2 aromatic carbocycles. The van der Waals surface area contributed by atoms with Crippen LogP contribution < -0.4 is 15.4 Å². The average Bonchev–Trinajstić information content (AvgIpc) is 2.64. The van der Waals surface area contributed by atoms with Crippen molar-refractivity contribution in [3.8, 4) is 5.75 Å². The summed E-state index contributed by atoms with van der Waals surface area (Å²) in [5, 5.41) is 6.06. The fraction of sp³-hybridized carbons (Fsp3) is 0.0526. The minimum absolute atomic E-state index is 0.224. The van der Waals surface area contributed by atoms with Crippen molar-refractivity contribution in [1.82, 2.24) is 4.98 Å². The van der Waals surface area contributed by atoms with Crippen molar-refractivity contribution in [2.45, 2.75) is 0 Å². The van der Waals surface area contributed by atoms with Crippen LogP contribution in [0.4, 0.5) is 17.1 Å². The zero-order chi connectivity index (χ0) is 17.6. The Morgan fingerprint density at radius 1 is 1.04 bits per heavy atom. The molecule has 0 aliphatic heterocycles. The van der Waals surface area contributed by atoms with Gasteiger partial charge in [0.05, 0.1) is 30.2 Å². The molecule has 0 radical (unpaired) electrons. The number of hydrogen-bond donors (Lipinski definition) is 2. The lowest BCUT2D eigenvalue weighted by Gasteiger charge is -2.11. The third-order valence-corrected chi connectivity index (χ3v) is 4.02. The molecule has 3 aromatic rings. The third kappa shape index (κ3) is 4.36. The largest absolute Gasteiger partial charge is 0.495 e. The molecule has 1 amide bonds. The minimum atomic E-state index is -0.224. The van der Waals surface area contributed by atoms with Crippen LogP contribution in [0.1, 0.15) is 10.4 Å². The number of nitrogens with zero attached hydrogens (tertiary/aromatic N) is 1. The van der Waals surface area contributed by atoms with Gasteiger partial charge in [-0.1, -0.05) is 28.1 Å². The number of pyridine rings is 1. The summed E-state index contributed by atoms with van der Waals surface area (Å²) in [6.45, 7) is 0. The van der Waals surface area contributed by atoms with E-state index < -0.39 is 0 Å². The number of carbonyl (C=O) groups is 1. The SMILES string of the molecule is COc1ccccc1Nc1cncc(C(=O)Nc2ccc(Br)cc2)c1. The molecule has 1 aromatic heterocycles. The molecule has 0 aliphatic rings. The normalized spacial score (nSPS) is 10.2. The zero-order valence-corrected chi connectivity index (χ0v) is 15.1. The van der Waals surface area contributed by atoms with Gasteiger partial charge in [0.1, 0.15) is 5.75 Å². The first-order valence-electron chi connectivity index (χ1n) is 7.58. The first-order valence-corrected chi connectivity index (χ1v) is 8.37. The van der Waals surface area contributed by atoms with E-state index in [2.05, 4.69) is 31.5 Å². The first-order chi connectivity index (χ1) is 12.2. The van der Waals surface area contributed by atoms with E-state index in [1.807, 2.05) is 48.5 Å². The maximum atomic E-state index is 12.4. The number of rotatable bonds is 5. The number of nitrogens with one attached hydrogen (secondary N) is 2. The molecule has 0 atom stereocenters. The number of carbonyl (C=O) groups excluding carboxylic acids is 1. The smallest absolute Gasteiger partial charge is 0.257 e. The molecule has 25 heavy (non-hydrogen) atoms. The summed E-state index contributed by atoms with van der Waals surface area (Å²) in [6.07, 6.45) is 3.18. The van der Waals surface area contributed by atoms with Crippen molar-refractivity contribution in [1.29, 1.82) is 0 Å². The summed E-state index contributed by atoms with van der Waals surface area (Å²) in [5.74, 6) is 0.491. The van der Waals surface area contributed by atoms with Crippen LogP contribution >= 0.6 is 15.9 Å². The minimum Gasteiger partial charge on any atom is -0.495 e. The lowest BCUT2D eigenvalue weighted by atomic mass is 10.2. The third-order valence-electron chi connectivity index (χ3n) is 3.49. The number of amides is 1. The summed E-state index contributed by atoms with van der Waals surface area (Å²) in [4.78, 5) is 16.6. The van der Waals surface area contributed by atoms with Crippen LogP contribution in [0.3, 0.4) is 0 Å². The van der Waals surface area contributed by atoms with Crippen LogP contribution in [-0.2, 0) is 0 Å². The quantitative estimate of drug-likeness (QED) is 0.645. The van der Waals surface area contributed by atoms with Gasteiger partial charge < -0.3 is 15.4 Å². The predicted octanol–water partition coefficient (Wildman–Crippen LogP) is 4.85. The fourth-order valence-corrected chi connectivity index (χ4v) is 2.54. The topological polar surface area (TPSA) is 63.2 Å². The molecule has 5 nitrogen and oxygen atoms in total. The molecule has 3 rings (SSSR count). The highest BCUT2D eigenvalue weighted by atomic mass is 79.9. The monoisotopic (exact) mass is 397 g/mol. The summed E-state index contributed by atoms with van der Waals surface area (Å²) < 4.78 is 6.27. The molecule has 2 N–H and O–H groups in total. The van der Waals surface area contributed by atoms with Crippen molar-refractivity contribution in [2.24, 2.45) is 0 Å². The summed E-state index contributed by atoms with van der Waals surface area (Å²) in [5.41, 5.74) is 2.68. The zero-order valence-electron chi connectivity index (χ0n) is 13.5. The van der Waals surface area contributed by atoms with Crippen molar-refractivity contribution in [3.63, 3.8) is 0 Å². The Morgan fingerprint density at radius 3 is 2.56 bits per heavy atom. The Morgan fingerprint density at radius 2 is 1.80 bits per heavy atom. The second kappa shape index (κ2) is 7.81. The van der Waals surface area contributed by atoms with Crippen molar-refractivity contribution < 1.29 is 9.53 Å². The standard InChI is InChI=1S/C19H16BrN3O2/c1-25-18-5-3-2-4-17(18)22-16-10-13(11-21-12-16)19(24)23-15-8-6-14(20)7-9-15/h2-12,22H,1H3,(H,23,24). The number of para-hydroxylation sites is 2. The van der Waals surface area contributed by atoms with Crippen LogP contribution in [0.25, 0.3) is 0 Å². The number of aromatic nitrogens is 1. The van der Waals surface area contributed by atoms with Crippen LogP contribution in [-0.4, -0.2) is 18.0 Å². The molecule has 0 saturated heterocycles. The number of anilines is 3. The molecule has 0 fully saturated rings. The number of benzene rings is 2.